The van der Waals surface area contributed by atoms with Gasteiger partial charge in [0.1, 0.15) is 5.00 Å². The van der Waals surface area contributed by atoms with E-state index in [1.54, 1.807) is 11.3 Å². The number of ether oxygens (including phenoxy) is 1. The average molecular weight is 478 g/mol. The van der Waals surface area contributed by atoms with Crippen molar-refractivity contribution in [1.29, 1.82) is 0 Å². The number of fused-ring (bicyclic) bond motifs is 1. The summed E-state index contributed by atoms with van der Waals surface area (Å²) in [6.45, 7) is 6.74. The van der Waals surface area contributed by atoms with Crippen LogP contribution in [0.4, 0.5) is 5.00 Å². The zero-order chi connectivity index (χ0) is 21.8. The van der Waals surface area contributed by atoms with Gasteiger partial charge < -0.3 is 15.0 Å². The molecule has 1 aromatic heterocycles. The number of thiocarbonyl (C=S) groups is 1. The number of halogens is 1. The Morgan fingerprint density at radius 1 is 1.16 bits per heavy atom. The van der Waals surface area contributed by atoms with Gasteiger partial charge in [0.2, 0.25) is 0 Å². The van der Waals surface area contributed by atoms with Gasteiger partial charge in [-0.3, -0.25) is 4.90 Å². The summed E-state index contributed by atoms with van der Waals surface area (Å²) in [6, 6.07) is 8.04. The van der Waals surface area contributed by atoms with Crippen LogP contribution in [0, 0.1) is 0 Å². The molecule has 1 saturated heterocycles. The molecule has 5 nitrogen and oxygen atoms in total. The molecule has 8 heteroatoms. The molecular weight excluding hydrogens is 450 g/mol. The molecule has 31 heavy (non-hydrogen) atoms. The van der Waals surface area contributed by atoms with Crippen LogP contribution in [-0.2, 0) is 24.1 Å². The first-order chi connectivity index (χ1) is 15.0. The van der Waals surface area contributed by atoms with Crippen molar-refractivity contribution in [1.82, 2.24) is 9.80 Å². The Kier molecular flexibility index (Phi) is 7.48. The van der Waals surface area contributed by atoms with Crippen molar-refractivity contribution in [2.75, 3.05) is 38.1 Å². The minimum absolute atomic E-state index is 0.236. The number of nitrogens with zero attached hydrogens (tertiary/aromatic N) is 2. The third-order valence-electron chi connectivity index (χ3n) is 5.85. The maximum atomic E-state index is 12.7. The van der Waals surface area contributed by atoms with Gasteiger partial charge in [-0.1, -0.05) is 23.7 Å². The van der Waals surface area contributed by atoms with Crippen molar-refractivity contribution < 1.29 is 9.53 Å². The number of hydrogen-bond donors (Lipinski definition) is 1. The van der Waals surface area contributed by atoms with Crippen molar-refractivity contribution >= 4 is 51.2 Å². The zero-order valence-corrected chi connectivity index (χ0v) is 20.2. The van der Waals surface area contributed by atoms with Gasteiger partial charge in [-0.25, -0.2) is 4.79 Å². The molecule has 0 spiro atoms. The van der Waals surface area contributed by atoms with Crippen LogP contribution < -0.4 is 5.32 Å². The van der Waals surface area contributed by atoms with E-state index >= 15 is 0 Å². The quantitative estimate of drug-likeness (QED) is 0.484. The number of aryl methyl sites for hydroxylation is 1. The van der Waals surface area contributed by atoms with Crippen LogP contribution in [0.2, 0.25) is 5.02 Å². The van der Waals surface area contributed by atoms with Gasteiger partial charge in [0.05, 0.1) is 12.2 Å². The van der Waals surface area contributed by atoms with Crippen molar-refractivity contribution in [3.8, 4) is 0 Å². The molecule has 1 aliphatic carbocycles. The predicted molar refractivity (Wildman–Crippen MR) is 131 cm³/mol. The molecule has 0 unspecified atom stereocenters. The Hall–Kier alpha value is -1.67. The molecule has 2 heterocycles. The van der Waals surface area contributed by atoms with E-state index in [0.717, 1.165) is 67.6 Å². The molecule has 1 fully saturated rings. The number of thiophene rings is 1. The number of carbonyl (C=O) groups excluding carboxylic acids is 1. The molecule has 166 valence electrons. The summed E-state index contributed by atoms with van der Waals surface area (Å²) in [4.78, 5) is 18.6. The molecule has 0 bridgehead atoms. The summed E-state index contributed by atoms with van der Waals surface area (Å²) in [7, 11) is 0. The lowest BCUT2D eigenvalue weighted by molar-refractivity contribution is 0.0526. The minimum atomic E-state index is -0.236. The van der Waals surface area contributed by atoms with Crippen LogP contribution in [0.25, 0.3) is 0 Å². The van der Waals surface area contributed by atoms with E-state index in [0.29, 0.717) is 17.3 Å². The SMILES string of the molecule is CCOC(=O)c1c(NC(=S)N2CCN(Cc3ccc(Cl)cc3)CC2)sc2c1CCCC2. The maximum absolute atomic E-state index is 12.7. The second-order valence-electron chi connectivity index (χ2n) is 7.96. The highest BCUT2D eigenvalue weighted by molar-refractivity contribution is 7.80. The van der Waals surface area contributed by atoms with Crippen LogP contribution in [0.1, 0.15) is 46.1 Å². The van der Waals surface area contributed by atoms with E-state index < -0.39 is 0 Å². The molecule has 0 saturated carbocycles. The van der Waals surface area contributed by atoms with E-state index in [4.69, 9.17) is 28.6 Å². The monoisotopic (exact) mass is 477 g/mol. The van der Waals surface area contributed by atoms with Gasteiger partial charge >= 0.3 is 5.97 Å². The van der Waals surface area contributed by atoms with Gasteiger partial charge in [0, 0.05) is 42.6 Å². The standard InChI is InChI=1S/C23H28ClN3O2S2/c1-2-29-22(28)20-18-5-3-4-6-19(18)31-21(20)25-23(30)27-13-11-26(12-14-27)15-16-7-9-17(24)10-8-16/h7-10H,2-6,11-15H2,1H3,(H,25,30). The van der Waals surface area contributed by atoms with Gasteiger partial charge in [0.15, 0.2) is 5.11 Å². The molecular formula is C23H28ClN3O2S2. The predicted octanol–water partition coefficient (Wildman–Crippen LogP) is 4.97. The lowest BCUT2D eigenvalue weighted by Crippen LogP contribution is -2.49. The van der Waals surface area contributed by atoms with Gasteiger partial charge in [0.25, 0.3) is 0 Å². The number of carbonyl (C=O) groups is 1. The van der Waals surface area contributed by atoms with Crippen LogP contribution in [0.3, 0.4) is 0 Å². The Labute approximate surface area is 198 Å². The van der Waals surface area contributed by atoms with E-state index in [9.17, 15) is 4.79 Å². The van der Waals surface area contributed by atoms with Crippen molar-refractivity contribution in [3.63, 3.8) is 0 Å². The summed E-state index contributed by atoms with van der Waals surface area (Å²) in [5.41, 5.74) is 3.12. The number of piperazine rings is 1. The third-order valence-corrected chi connectivity index (χ3v) is 7.67. The number of hydrogen-bond acceptors (Lipinski definition) is 5. The van der Waals surface area contributed by atoms with Gasteiger partial charge in [-0.15, -0.1) is 11.3 Å². The third kappa shape index (κ3) is 5.40. The molecule has 1 aromatic carbocycles. The Bertz CT molecular complexity index is 937. The second-order valence-corrected chi connectivity index (χ2v) is 9.88. The largest absolute Gasteiger partial charge is 0.462 e. The Balaban J connectivity index is 1.38. The van der Waals surface area contributed by atoms with Crippen LogP contribution in [0.5, 0.6) is 0 Å². The smallest absolute Gasteiger partial charge is 0.341 e. The average Bonchev–Trinajstić information content (AvgIpc) is 3.14. The van der Waals surface area contributed by atoms with Crippen molar-refractivity contribution in [2.45, 2.75) is 39.2 Å². The lowest BCUT2D eigenvalue weighted by Gasteiger charge is -2.36. The molecule has 1 aliphatic heterocycles. The fraction of sp³-hybridized carbons (Fsp3) is 0.478. The zero-order valence-electron chi connectivity index (χ0n) is 17.8. The first kappa shape index (κ1) is 22.5. The number of benzene rings is 1. The van der Waals surface area contributed by atoms with Crippen molar-refractivity contribution in [2.24, 2.45) is 0 Å². The molecule has 4 rings (SSSR count). The highest BCUT2D eigenvalue weighted by Gasteiger charge is 2.28. The molecule has 2 aromatic rings. The molecule has 1 N–H and O–H groups in total. The maximum Gasteiger partial charge on any atom is 0.341 e. The Morgan fingerprint density at radius 2 is 1.87 bits per heavy atom. The number of rotatable bonds is 5. The number of nitrogens with one attached hydrogen (secondary N) is 1. The highest BCUT2D eigenvalue weighted by Crippen LogP contribution is 2.38. The molecule has 2 aliphatic rings. The van der Waals surface area contributed by atoms with E-state index in [1.165, 1.54) is 16.9 Å². The normalized spacial score (nSPS) is 16.6. The van der Waals surface area contributed by atoms with Crippen molar-refractivity contribution in [3.05, 3.63) is 50.9 Å². The molecule has 0 atom stereocenters. The van der Waals surface area contributed by atoms with E-state index in [1.807, 2.05) is 19.1 Å². The van der Waals surface area contributed by atoms with E-state index in [-0.39, 0.29) is 5.97 Å². The van der Waals surface area contributed by atoms with Crippen LogP contribution in [-0.4, -0.2) is 53.7 Å². The summed E-state index contributed by atoms with van der Waals surface area (Å²) >= 11 is 13.4. The number of anilines is 1. The Morgan fingerprint density at radius 3 is 2.58 bits per heavy atom. The molecule has 0 amide bonds. The topological polar surface area (TPSA) is 44.8 Å². The molecule has 0 radical (unpaired) electrons. The van der Waals surface area contributed by atoms with Crippen LogP contribution in [0.15, 0.2) is 24.3 Å². The van der Waals surface area contributed by atoms with E-state index in [2.05, 4.69) is 27.2 Å². The first-order valence-electron chi connectivity index (χ1n) is 10.9. The van der Waals surface area contributed by atoms with Gasteiger partial charge in [-0.05, 0) is 68.1 Å². The first-order valence-corrected chi connectivity index (χ1v) is 12.5. The fourth-order valence-corrected chi connectivity index (χ4v) is 5.96. The summed E-state index contributed by atoms with van der Waals surface area (Å²) in [5, 5.41) is 5.69. The van der Waals surface area contributed by atoms with Gasteiger partial charge in [-0.2, -0.15) is 0 Å². The summed E-state index contributed by atoms with van der Waals surface area (Å²) in [5.74, 6) is -0.236. The summed E-state index contributed by atoms with van der Waals surface area (Å²) in [6.07, 6.45) is 4.27. The lowest BCUT2D eigenvalue weighted by atomic mass is 9.95. The number of esters is 1. The fourth-order valence-electron chi connectivity index (χ4n) is 4.21. The highest BCUT2D eigenvalue weighted by atomic mass is 35.5. The second kappa shape index (κ2) is 10.3. The van der Waals surface area contributed by atoms with Crippen LogP contribution >= 0.6 is 35.2 Å². The summed E-state index contributed by atoms with van der Waals surface area (Å²) < 4.78 is 5.35. The minimum Gasteiger partial charge on any atom is -0.462 e.